The Labute approximate surface area is 257 Å². The Morgan fingerprint density at radius 2 is 1.82 bits per heavy atom. The first-order chi connectivity index (χ1) is 21.2. The fourth-order valence-corrected chi connectivity index (χ4v) is 5.18. The van der Waals surface area contributed by atoms with Crippen LogP contribution in [-0.4, -0.2) is 74.7 Å². The van der Waals surface area contributed by atoms with Crippen molar-refractivity contribution in [2.45, 2.75) is 31.4 Å². The number of likely N-dealkylation sites (N-methyl/N-ethyl adjacent to an activating group) is 1. The van der Waals surface area contributed by atoms with Crippen molar-refractivity contribution in [2.24, 2.45) is 0 Å². The first kappa shape index (κ1) is 30.3. The fraction of sp³-hybridized carbons (Fsp3) is 0.294. The topological polar surface area (TPSA) is 134 Å². The highest BCUT2D eigenvalue weighted by Crippen LogP contribution is 2.39. The molecule has 0 radical (unpaired) electrons. The molecule has 1 atom stereocenters. The van der Waals surface area contributed by atoms with Crippen LogP contribution in [0.25, 0.3) is 22.2 Å². The second-order valence-electron chi connectivity index (χ2n) is 11.1. The first-order valence-corrected chi connectivity index (χ1v) is 14.4. The first-order valence-electron chi connectivity index (χ1n) is 14.4. The maximum absolute atomic E-state index is 12.6. The molecule has 0 bridgehead atoms. The zero-order valence-corrected chi connectivity index (χ0v) is 25.1. The number of piperidine rings is 1. The van der Waals surface area contributed by atoms with Gasteiger partial charge in [-0.1, -0.05) is 42.3 Å². The van der Waals surface area contributed by atoms with E-state index in [1.165, 1.54) is 6.33 Å². The summed E-state index contributed by atoms with van der Waals surface area (Å²) >= 11 is 0. The van der Waals surface area contributed by atoms with Crippen molar-refractivity contribution in [1.82, 2.24) is 24.3 Å². The molecule has 44 heavy (non-hydrogen) atoms. The number of carbonyl (C=O) groups excluding carboxylic acids is 1. The summed E-state index contributed by atoms with van der Waals surface area (Å²) in [6.07, 6.45) is 5.36. The number of aliphatic hydroxyl groups is 1. The van der Waals surface area contributed by atoms with Crippen LogP contribution >= 0.6 is 0 Å². The van der Waals surface area contributed by atoms with Crippen molar-refractivity contribution in [3.8, 4) is 40.5 Å². The minimum absolute atomic E-state index is 0.0825. The molecule has 224 valence electrons. The molecule has 0 saturated carbocycles. The van der Waals surface area contributed by atoms with E-state index in [0.717, 1.165) is 11.3 Å². The van der Waals surface area contributed by atoms with Crippen molar-refractivity contribution in [2.75, 3.05) is 39.5 Å². The van der Waals surface area contributed by atoms with Crippen LogP contribution in [0, 0.1) is 23.2 Å². The number of anilines is 1. The third-order valence-electron chi connectivity index (χ3n) is 7.56. The Kier molecular flexibility index (Phi) is 8.96. The number of hydrogen-bond acceptors (Lipinski definition) is 8. The van der Waals surface area contributed by atoms with Crippen LogP contribution in [0.2, 0.25) is 0 Å². The number of hydrogen-bond donors (Lipinski definition) is 2. The Morgan fingerprint density at radius 3 is 2.48 bits per heavy atom. The van der Waals surface area contributed by atoms with Crippen LogP contribution in [0.1, 0.15) is 31.5 Å². The van der Waals surface area contributed by atoms with Crippen LogP contribution in [0.3, 0.4) is 0 Å². The van der Waals surface area contributed by atoms with Gasteiger partial charge in [-0.05, 0) is 56.8 Å². The molecule has 2 aromatic carbocycles. The highest BCUT2D eigenvalue weighted by molar-refractivity contribution is 6.03. The summed E-state index contributed by atoms with van der Waals surface area (Å²) in [6.45, 7) is 3.18. The van der Waals surface area contributed by atoms with E-state index in [-0.39, 0.29) is 11.7 Å². The average molecular weight is 590 g/mol. The van der Waals surface area contributed by atoms with Crippen molar-refractivity contribution in [3.63, 3.8) is 0 Å². The lowest BCUT2D eigenvalue weighted by Gasteiger charge is -2.34. The predicted octanol–water partition coefficient (Wildman–Crippen LogP) is 4.38. The number of fused-ring (bicyclic) bond motifs is 1. The molecule has 10 heteroatoms. The number of benzene rings is 2. The van der Waals surface area contributed by atoms with Gasteiger partial charge in [-0.2, -0.15) is 5.26 Å². The molecule has 0 spiro atoms. The molecule has 4 aromatic rings. The average Bonchev–Trinajstić information content (AvgIpc) is 3.36. The molecule has 1 aliphatic rings. The third kappa shape index (κ3) is 6.57. The number of nitrogens with two attached hydrogens (primary N) is 1. The summed E-state index contributed by atoms with van der Waals surface area (Å²) in [5.74, 6) is 7.83. The van der Waals surface area contributed by atoms with Gasteiger partial charge < -0.3 is 29.9 Å². The second kappa shape index (κ2) is 13.0. The monoisotopic (exact) mass is 589 g/mol. The number of aromatic nitrogens is 3. The quantitative estimate of drug-likeness (QED) is 0.240. The van der Waals surface area contributed by atoms with Gasteiger partial charge in [0.2, 0.25) is 5.91 Å². The molecule has 1 amide bonds. The smallest absolute Gasteiger partial charge is 0.246 e. The van der Waals surface area contributed by atoms with Gasteiger partial charge in [0, 0.05) is 44.1 Å². The second-order valence-corrected chi connectivity index (χ2v) is 11.1. The Morgan fingerprint density at radius 1 is 1.14 bits per heavy atom. The molecular formula is C34H35N7O3. The third-order valence-corrected chi connectivity index (χ3v) is 7.56. The summed E-state index contributed by atoms with van der Waals surface area (Å²) < 4.78 is 7.71. The summed E-state index contributed by atoms with van der Waals surface area (Å²) in [4.78, 5) is 25.0. The van der Waals surface area contributed by atoms with Gasteiger partial charge in [0.15, 0.2) is 0 Å². The Balaban J connectivity index is 1.51. The molecule has 1 saturated heterocycles. The molecule has 5 rings (SSSR count). The molecule has 1 unspecified atom stereocenters. The van der Waals surface area contributed by atoms with E-state index in [9.17, 15) is 15.2 Å². The minimum Gasteiger partial charge on any atom is -0.457 e. The number of para-hydroxylation sites is 1. The summed E-state index contributed by atoms with van der Waals surface area (Å²) in [5, 5.41) is 22.0. The van der Waals surface area contributed by atoms with Crippen LogP contribution in [0.5, 0.6) is 11.5 Å². The maximum atomic E-state index is 12.6. The van der Waals surface area contributed by atoms with E-state index in [2.05, 4.69) is 27.9 Å². The highest BCUT2D eigenvalue weighted by Gasteiger charge is 2.32. The zero-order chi connectivity index (χ0) is 31.3. The van der Waals surface area contributed by atoms with Gasteiger partial charge in [-0.25, -0.2) is 9.97 Å². The van der Waals surface area contributed by atoms with E-state index in [0.29, 0.717) is 60.5 Å². The van der Waals surface area contributed by atoms with Crippen LogP contribution in [0.4, 0.5) is 5.82 Å². The van der Waals surface area contributed by atoms with Gasteiger partial charge in [-0.15, -0.1) is 0 Å². The molecule has 1 fully saturated rings. The predicted molar refractivity (Wildman–Crippen MR) is 170 cm³/mol. The summed E-state index contributed by atoms with van der Waals surface area (Å²) in [6, 6.07) is 18.6. The molecule has 2 aromatic heterocycles. The van der Waals surface area contributed by atoms with Gasteiger partial charge in [0.1, 0.15) is 46.6 Å². The van der Waals surface area contributed by atoms with E-state index in [1.807, 2.05) is 79.7 Å². The molecule has 1 aliphatic heterocycles. The highest BCUT2D eigenvalue weighted by atomic mass is 16.5. The van der Waals surface area contributed by atoms with Crippen molar-refractivity contribution in [3.05, 3.63) is 78.8 Å². The molecular weight excluding hydrogens is 554 g/mol. The van der Waals surface area contributed by atoms with E-state index in [4.69, 9.17) is 10.5 Å². The van der Waals surface area contributed by atoms with E-state index < -0.39 is 11.6 Å². The van der Waals surface area contributed by atoms with Crippen LogP contribution in [-0.2, 0) is 4.79 Å². The molecule has 0 aliphatic carbocycles. The van der Waals surface area contributed by atoms with Gasteiger partial charge >= 0.3 is 0 Å². The van der Waals surface area contributed by atoms with E-state index >= 15 is 0 Å². The maximum Gasteiger partial charge on any atom is 0.246 e. The number of ether oxygens (including phenoxy) is 1. The fourth-order valence-electron chi connectivity index (χ4n) is 5.18. The number of rotatable bonds is 7. The van der Waals surface area contributed by atoms with Crippen molar-refractivity contribution in [1.29, 1.82) is 5.26 Å². The van der Waals surface area contributed by atoms with Crippen molar-refractivity contribution >= 4 is 22.8 Å². The molecule has 10 nitrogen and oxygen atoms in total. The molecule has 3 N–H and O–H groups in total. The van der Waals surface area contributed by atoms with E-state index in [1.54, 1.807) is 22.5 Å². The van der Waals surface area contributed by atoms with Crippen LogP contribution in [0.15, 0.2) is 73.1 Å². The van der Waals surface area contributed by atoms with Gasteiger partial charge in [0.05, 0.1) is 11.5 Å². The normalized spacial score (nSPS) is 15.1. The van der Waals surface area contributed by atoms with Crippen LogP contribution < -0.4 is 10.5 Å². The minimum atomic E-state index is -1.32. The number of nitrogens with zero attached hydrogens (tertiary/aromatic N) is 6. The van der Waals surface area contributed by atoms with Gasteiger partial charge in [0.25, 0.3) is 0 Å². The largest absolute Gasteiger partial charge is 0.457 e. The lowest BCUT2D eigenvalue weighted by molar-refractivity contribution is -0.128. The number of likely N-dealkylation sites (tertiary alicyclic amines) is 1. The van der Waals surface area contributed by atoms with Crippen molar-refractivity contribution < 1.29 is 14.6 Å². The lowest BCUT2D eigenvalue weighted by Crippen LogP contribution is -2.45. The summed E-state index contributed by atoms with van der Waals surface area (Å²) in [7, 11) is 3.88. The number of carbonyl (C=O) groups is 1. The molecule has 3 heterocycles. The van der Waals surface area contributed by atoms with Gasteiger partial charge in [-0.3, -0.25) is 4.79 Å². The Hall–Kier alpha value is -5.16. The lowest BCUT2D eigenvalue weighted by atomic mass is 9.91. The zero-order valence-electron chi connectivity index (χ0n) is 25.1. The number of amides is 1. The SMILES string of the molecule is CC(C#N)n1c(C#CC2(O)CCN(C(=O)/C=C/CN(C)C)CC2)c(-c2ccc(Oc3ccccc3)cc2)c2c(N)ncnc21. The Bertz CT molecular complexity index is 1770. The number of nitrogen functional groups attached to an aromatic ring is 1. The summed E-state index contributed by atoms with van der Waals surface area (Å²) in [5.41, 5.74) is 7.50. The number of nitriles is 1. The standard InChI is InChI=1S/C34H35N7O3/c1-24(22-35)41-28(15-16-34(43)17-20-40(21-18-34)29(42)10-7-19-39(2)3)30(31-32(36)37-23-38-33(31)41)25-11-13-27(14-12-25)44-26-8-5-4-6-9-26/h4-14,23-24,43H,17-21H2,1-3H3,(H2,36,37,38)/b10-7+.